The second-order valence-electron chi connectivity index (χ2n) is 3.72. The molecule has 0 unspecified atom stereocenters. The van der Waals surface area contributed by atoms with Crippen LogP contribution in [0.2, 0.25) is 0 Å². The normalized spacial score (nSPS) is 10.3. The van der Waals surface area contributed by atoms with Gasteiger partial charge in [-0.05, 0) is 24.3 Å². The maximum absolute atomic E-state index is 13.3. The van der Waals surface area contributed by atoms with Crippen LogP contribution in [0.3, 0.4) is 0 Å². The lowest BCUT2D eigenvalue weighted by Gasteiger charge is -2.07. The average Bonchev–Trinajstić information content (AvgIpc) is 2.33. The summed E-state index contributed by atoms with van der Waals surface area (Å²) in [6.07, 6.45) is 0. The van der Waals surface area contributed by atoms with E-state index in [9.17, 15) is 18.0 Å². The number of anilines is 1. The van der Waals surface area contributed by atoms with E-state index in [1.54, 1.807) is 0 Å². The van der Waals surface area contributed by atoms with Crippen LogP contribution >= 0.6 is 0 Å². The van der Waals surface area contributed by atoms with Crippen molar-refractivity contribution in [2.45, 2.75) is 0 Å². The molecule has 0 aromatic heterocycles. The maximum Gasteiger partial charge on any atom is 0.261 e. The van der Waals surface area contributed by atoms with Gasteiger partial charge in [0.1, 0.15) is 17.2 Å². The third-order valence-corrected chi connectivity index (χ3v) is 2.40. The number of rotatable bonds is 2. The number of carbonyl (C=O) groups is 1. The molecule has 0 saturated carbocycles. The number of hydrogen-bond acceptors (Lipinski definition) is 2. The first kappa shape index (κ1) is 12.9. The lowest BCUT2D eigenvalue weighted by Crippen LogP contribution is -2.15. The van der Waals surface area contributed by atoms with Crippen LogP contribution in [0.25, 0.3) is 0 Å². The summed E-state index contributed by atoms with van der Waals surface area (Å²) in [5.41, 5.74) is -0.779. The van der Waals surface area contributed by atoms with Crippen molar-refractivity contribution in [2.75, 3.05) is 5.32 Å². The Balaban J connectivity index is 2.28. The summed E-state index contributed by atoms with van der Waals surface area (Å²) in [5, 5.41) is 11.1. The molecule has 2 rings (SSSR count). The Morgan fingerprint density at radius 1 is 1.00 bits per heavy atom. The van der Waals surface area contributed by atoms with Crippen molar-refractivity contribution < 1.29 is 23.1 Å². The number of halogens is 3. The second kappa shape index (κ2) is 5.01. The number of amides is 1. The van der Waals surface area contributed by atoms with E-state index in [0.717, 1.165) is 30.3 Å². The van der Waals surface area contributed by atoms with E-state index in [0.29, 0.717) is 0 Å². The standard InChI is InChI=1S/C13H8F3NO2/c14-8-2-1-3-9(15)12(8)13(19)17-7-4-5-11(18)10(16)6-7/h1-6,18H,(H,17,19). The predicted molar refractivity (Wildman–Crippen MR) is 62.4 cm³/mol. The number of phenolic OH excluding ortho intramolecular Hbond substituents is 1. The van der Waals surface area contributed by atoms with Gasteiger partial charge in [0.25, 0.3) is 5.91 Å². The topological polar surface area (TPSA) is 49.3 Å². The maximum atomic E-state index is 13.3. The number of hydrogen-bond donors (Lipinski definition) is 2. The molecule has 3 nitrogen and oxygen atoms in total. The largest absolute Gasteiger partial charge is 0.505 e. The molecule has 2 N–H and O–H groups in total. The van der Waals surface area contributed by atoms with Crippen LogP contribution in [0.1, 0.15) is 10.4 Å². The molecule has 0 aliphatic heterocycles. The zero-order valence-corrected chi connectivity index (χ0v) is 9.45. The van der Waals surface area contributed by atoms with Crippen molar-refractivity contribution in [3.8, 4) is 5.75 Å². The molecule has 0 fully saturated rings. The van der Waals surface area contributed by atoms with Gasteiger partial charge in [-0.3, -0.25) is 4.79 Å². The second-order valence-corrected chi connectivity index (χ2v) is 3.72. The van der Waals surface area contributed by atoms with Gasteiger partial charge in [0.2, 0.25) is 0 Å². The highest BCUT2D eigenvalue weighted by atomic mass is 19.1. The number of nitrogens with one attached hydrogen (secondary N) is 1. The van der Waals surface area contributed by atoms with Gasteiger partial charge in [-0.1, -0.05) is 6.07 Å². The van der Waals surface area contributed by atoms with Crippen LogP contribution in [-0.2, 0) is 0 Å². The lowest BCUT2D eigenvalue weighted by atomic mass is 10.1. The molecule has 0 aliphatic rings. The molecule has 6 heteroatoms. The van der Waals surface area contributed by atoms with Gasteiger partial charge < -0.3 is 10.4 Å². The Labute approximate surface area is 106 Å². The van der Waals surface area contributed by atoms with Crippen LogP contribution in [0, 0.1) is 17.5 Å². The molecule has 0 heterocycles. The van der Waals surface area contributed by atoms with Gasteiger partial charge in [-0.25, -0.2) is 13.2 Å². The van der Waals surface area contributed by atoms with E-state index >= 15 is 0 Å². The van der Waals surface area contributed by atoms with Crippen molar-refractivity contribution in [1.29, 1.82) is 0 Å². The Morgan fingerprint density at radius 2 is 1.63 bits per heavy atom. The summed E-state index contributed by atoms with van der Waals surface area (Å²) >= 11 is 0. The molecule has 0 atom stereocenters. The number of phenols is 1. The Bertz CT molecular complexity index is 624. The van der Waals surface area contributed by atoms with E-state index in [1.165, 1.54) is 6.07 Å². The van der Waals surface area contributed by atoms with Gasteiger partial charge >= 0.3 is 0 Å². The van der Waals surface area contributed by atoms with Gasteiger partial charge in [0.15, 0.2) is 11.6 Å². The summed E-state index contributed by atoms with van der Waals surface area (Å²) in [7, 11) is 0. The molecular formula is C13H8F3NO2. The fraction of sp³-hybridized carbons (Fsp3) is 0. The van der Waals surface area contributed by atoms with E-state index in [-0.39, 0.29) is 5.69 Å². The van der Waals surface area contributed by atoms with Crippen molar-refractivity contribution in [3.05, 3.63) is 59.4 Å². The summed E-state index contributed by atoms with van der Waals surface area (Å²) in [6, 6.07) is 6.07. The van der Waals surface area contributed by atoms with E-state index in [1.807, 2.05) is 0 Å². The number of carbonyl (C=O) groups excluding carboxylic acids is 1. The first-order chi connectivity index (χ1) is 8.99. The molecule has 1 amide bonds. The quantitative estimate of drug-likeness (QED) is 0.821. The summed E-state index contributed by atoms with van der Waals surface area (Å²) < 4.78 is 39.7. The monoisotopic (exact) mass is 267 g/mol. The van der Waals surface area contributed by atoms with Crippen molar-refractivity contribution in [3.63, 3.8) is 0 Å². The highest BCUT2D eigenvalue weighted by Gasteiger charge is 2.17. The fourth-order valence-electron chi connectivity index (χ4n) is 1.49. The minimum Gasteiger partial charge on any atom is -0.505 e. The lowest BCUT2D eigenvalue weighted by molar-refractivity contribution is 0.101. The summed E-state index contributed by atoms with van der Waals surface area (Å²) in [4.78, 5) is 11.7. The Hall–Kier alpha value is -2.50. The highest BCUT2D eigenvalue weighted by Crippen LogP contribution is 2.21. The average molecular weight is 267 g/mol. The first-order valence-corrected chi connectivity index (χ1v) is 5.23. The molecule has 0 radical (unpaired) electrons. The van der Waals surface area contributed by atoms with Crippen LogP contribution < -0.4 is 5.32 Å². The van der Waals surface area contributed by atoms with Crippen molar-refractivity contribution in [2.24, 2.45) is 0 Å². The third kappa shape index (κ3) is 2.67. The Morgan fingerprint density at radius 3 is 2.21 bits per heavy atom. The highest BCUT2D eigenvalue weighted by molar-refractivity contribution is 6.04. The van der Waals surface area contributed by atoms with Gasteiger partial charge in [-0.2, -0.15) is 0 Å². The third-order valence-electron chi connectivity index (χ3n) is 2.40. The number of aromatic hydroxyl groups is 1. The van der Waals surface area contributed by atoms with Crippen LogP contribution in [0.15, 0.2) is 36.4 Å². The minimum absolute atomic E-state index is 0.0250. The van der Waals surface area contributed by atoms with Gasteiger partial charge in [0.05, 0.1) is 0 Å². The van der Waals surface area contributed by atoms with Crippen molar-refractivity contribution in [1.82, 2.24) is 0 Å². The Kier molecular flexibility index (Phi) is 3.41. The molecule has 0 spiro atoms. The van der Waals surface area contributed by atoms with E-state index in [2.05, 4.69) is 5.32 Å². The van der Waals surface area contributed by atoms with Crippen LogP contribution in [-0.4, -0.2) is 11.0 Å². The molecule has 0 saturated heterocycles. The zero-order chi connectivity index (χ0) is 14.0. The SMILES string of the molecule is O=C(Nc1ccc(O)c(F)c1)c1c(F)cccc1F. The van der Waals surface area contributed by atoms with E-state index < -0.39 is 34.7 Å². The van der Waals surface area contributed by atoms with E-state index in [4.69, 9.17) is 5.11 Å². The molecule has 0 aliphatic carbocycles. The zero-order valence-electron chi connectivity index (χ0n) is 9.45. The van der Waals surface area contributed by atoms with Crippen molar-refractivity contribution >= 4 is 11.6 Å². The van der Waals surface area contributed by atoms with Crippen LogP contribution in [0.4, 0.5) is 18.9 Å². The fourth-order valence-corrected chi connectivity index (χ4v) is 1.49. The van der Waals surface area contributed by atoms with Gasteiger partial charge in [-0.15, -0.1) is 0 Å². The summed E-state index contributed by atoms with van der Waals surface area (Å²) in [6.45, 7) is 0. The molecule has 0 bridgehead atoms. The predicted octanol–water partition coefficient (Wildman–Crippen LogP) is 3.06. The van der Waals surface area contributed by atoms with Crippen LogP contribution in [0.5, 0.6) is 5.75 Å². The molecule has 2 aromatic carbocycles. The molecular weight excluding hydrogens is 259 g/mol. The first-order valence-electron chi connectivity index (χ1n) is 5.23. The number of benzene rings is 2. The molecule has 98 valence electrons. The smallest absolute Gasteiger partial charge is 0.261 e. The summed E-state index contributed by atoms with van der Waals surface area (Å²) in [5.74, 6) is -4.61. The molecule has 19 heavy (non-hydrogen) atoms. The molecule has 2 aromatic rings. The minimum atomic E-state index is -1.04. The van der Waals surface area contributed by atoms with Gasteiger partial charge in [0, 0.05) is 11.8 Å².